The van der Waals surface area contributed by atoms with Gasteiger partial charge >= 0.3 is 0 Å². The first-order chi connectivity index (χ1) is 13.5. The van der Waals surface area contributed by atoms with E-state index in [2.05, 4.69) is 19.1 Å². The normalized spacial score (nSPS) is 11.2. The molecule has 0 aliphatic heterocycles. The monoisotopic (exact) mass is 380 g/mol. The smallest absolute Gasteiger partial charge is 0.195 e. The van der Waals surface area contributed by atoms with Crippen LogP contribution in [0.2, 0.25) is 0 Å². The van der Waals surface area contributed by atoms with Crippen LogP contribution >= 0.6 is 0 Å². The van der Waals surface area contributed by atoms with Gasteiger partial charge in [0.2, 0.25) is 0 Å². The Morgan fingerprint density at radius 1 is 0.571 bits per heavy atom. The fourth-order valence-corrected chi connectivity index (χ4v) is 3.34. The van der Waals surface area contributed by atoms with Gasteiger partial charge < -0.3 is 0 Å². The summed E-state index contributed by atoms with van der Waals surface area (Å²) in [5.74, 6) is -5.45. The predicted octanol–water partition coefficient (Wildman–Crippen LogP) is 7.29. The molecule has 4 heteroatoms. The quantitative estimate of drug-likeness (QED) is 0.258. The predicted molar refractivity (Wildman–Crippen MR) is 104 cm³/mol. The summed E-state index contributed by atoms with van der Waals surface area (Å²) in [6, 6.07) is 19.1. The van der Waals surface area contributed by atoms with Crippen molar-refractivity contribution in [1.82, 2.24) is 0 Å². The van der Waals surface area contributed by atoms with Crippen LogP contribution in [0.4, 0.5) is 17.6 Å². The van der Waals surface area contributed by atoms with Crippen LogP contribution in [0.3, 0.4) is 0 Å². The Kier molecular flexibility index (Phi) is 4.63. The molecule has 0 saturated heterocycles. The maximum atomic E-state index is 14.4. The van der Waals surface area contributed by atoms with E-state index in [0.29, 0.717) is 11.1 Å². The molecule has 0 N–H and O–H groups in total. The summed E-state index contributed by atoms with van der Waals surface area (Å²) in [6.07, 6.45) is 0.970. The third kappa shape index (κ3) is 3.15. The fraction of sp³-hybridized carbons (Fsp3) is 0.0833. The van der Waals surface area contributed by atoms with Crippen LogP contribution in [-0.2, 0) is 6.42 Å². The van der Waals surface area contributed by atoms with Crippen LogP contribution in [0.25, 0.3) is 33.0 Å². The number of hydrogen-bond donors (Lipinski definition) is 0. The van der Waals surface area contributed by atoms with E-state index in [4.69, 9.17) is 0 Å². The summed E-state index contributed by atoms with van der Waals surface area (Å²) >= 11 is 0. The Labute approximate surface area is 160 Å². The molecule has 0 bridgehead atoms. The fourth-order valence-electron chi connectivity index (χ4n) is 3.34. The van der Waals surface area contributed by atoms with Gasteiger partial charge in [-0.3, -0.25) is 0 Å². The van der Waals surface area contributed by atoms with E-state index in [1.165, 1.54) is 11.6 Å². The standard InChI is InChI=1S/C24H16F4/c1-2-14-3-5-15(6-4-14)16-7-9-17(10-8-16)18-11-19-13-21(26)23(27)24(28)22(19)20(25)12-18/h3-13H,2H2,1H3. The molecular weight excluding hydrogens is 364 g/mol. The average molecular weight is 380 g/mol. The van der Waals surface area contributed by atoms with Crippen molar-refractivity contribution in [2.45, 2.75) is 13.3 Å². The molecule has 0 heterocycles. The Hall–Kier alpha value is -3.14. The number of aryl methyl sites for hydroxylation is 1. The molecule has 4 aromatic rings. The second kappa shape index (κ2) is 7.12. The number of halogens is 4. The molecule has 0 saturated carbocycles. The molecular formula is C24H16F4. The van der Waals surface area contributed by atoms with Crippen molar-refractivity contribution in [3.8, 4) is 22.3 Å². The van der Waals surface area contributed by atoms with Gasteiger partial charge in [-0.15, -0.1) is 0 Å². The topological polar surface area (TPSA) is 0 Å². The van der Waals surface area contributed by atoms with Crippen molar-refractivity contribution < 1.29 is 17.6 Å². The highest BCUT2D eigenvalue weighted by Crippen LogP contribution is 2.32. The lowest BCUT2D eigenvalue weighted by atomic mass is 9.97. The molecule has 4 rings (SSSR count). The van der Waals surface area contributed by atoms with E-state index in [-0.39, 0.29) is 5.39 Å². The summed E-state index contributed by atoms with van der Waals surface area (Å²) in [5, 5.41) is -0.569. The van der Waals surface area contributed by atoms with E-state index in [9.17, 15) is 17.6 Å². The lowest BCUT2D eigenvalue weighted by molar-refractivity contribution is 0.451. The van der Waals surface area contributed by atoms with Crippen molar-refractivity contribution in [2.75, 3.05) is 0 Å². The second-order valence-electron chi connectivity index (χ2n) is 6.67. The average Bonchev–Trinajstić information content (AvgIpc) is 2.72. The molecule has 0 aliphatic rings. The highest BCUT2D eigenvalue weighted by atomic mass is 19.2. The third-order valence-corrected chi connectivity index (χ3v) is 4.94. The molecule has 0 fully saturated rings. The number of benzene rings is 4. The van der Waals surface area contributed by atoms with Gasteiger partial charge in [-0.1, -0.05) is 55.5 Å². The molecule has 0 spiro atoms. The van der Waals surface area contributed by atoms with Gasteiger partial charge in [-0.05, 0) is 57.8 Å². The Balaban J connectivity index is 1.74. The van der Waals surface area contributed by atoms with Crippen LogP contribution in [0.1, 0.15) is 12.5 Å². The lowest BCUT2D eigenvalue weighted by Gasteiger charge is -2.09. The zero-order valence-corrected chi connectivity index (χ0v) is 15.1. The highest BCUT2D eigenvalue weighted by Gasteiger charge is 2.17. The molecule has 140 valence electrons. The van der Waals surface area contributed by atoms with Gasteiger partial charge in [0.05, 0.1) is 5.39 Å². The number of rotatable bonds is 3. The van der Waals surface area contributed by atoms with E-state index in [1.54, 1.807) is 0 Å². The molecule has 0 aliphatic carbocycles. The van der Waals surface area contributed by atoms with Gasteiger partial charge in [0, 0.05) is 0 Å². The third-order valence-electron chi connectivity index (χ3n) is 4.94. The van der Waals surface area contributed by atoms with E-state index < -0.39 is 28.7 Å². The van der Waals surface area contributed by atoms with Gasteiger partial charge in [0.1, 0.15) is 5.82 Å². The summed E-state index contributed by atoms with van der Waals surface area (Å²) < 4.78 is 55.2. The summed E-state index contributed by atoms with van der Waals surface area (Å²) in [7, 11) is 0. The summed E-state index contributed by atoms with van der Waals surface area (Å²) in [6.45, 7) is 2.10. The molecule has 0 unspecified atom stereocenters. The van der Waals surface area contributed by atoms with Gasteiger partial charge in [-0.2, -0.15) is 0 Å². The molecule has 0 atom stereocenters. The molecule has 0 aromatic heterocycles. The lowest BCUT2D eigenvalue weighted by Crippen LogP contribution is -1.95. The SMILES string of the molecule is CCc1ccc(-c2ccc(-c3cc(F)c4c(F)c(F)c(F)cc4c3)cc2)cc1. The van der Waals surface area contributed by atoms with Crippen molar-refractivity contribution in [3.05, 3.63) is 95.6 Å². The van der Waals surface area contributed by atoms with Crippen LogP contribution in [-0.4, -0.2) is 0 Å². The molecule has 0 radical (unpaired) electrons. The summed E-state index contributed by atoms with van der Waals surface area (Å²) in [5.41, 5.74) is 4.48. The van der Waals surface area contributed by atoms with Crippen LogP contribution in [0.15, 0.2) is 66.7 Å². The first kappa shape index (κ1) is 18.2. The first-order valence-corrected chi connectivity index (χ1v) is 8.94. The zero-order chi connectivity index (χ0) is 19.8. The zero-order valence-electron chi connectivity index (χ0n) is 15.1. The summed E-state index contributed by atoms with van der Waals surface area (Å²) in [4.78, 5) is 0. The van der Waals surface area contributed by atoms with Gasteiger partial charge in [0.25, 0.3) is 0 Å². The van der Waals surface area contributed by atoms with E-state index in [1.807, 2.05) is 36.4 Å². The Morgan fingerprint density at radius 3 is 1.68 bits per heavy atom. The maximum Gasteiger partial charge on any atom is 0.195 e. The molecule has 4 aromatic carbocycles. The number of fused-ring (bicyclic) bond motifs is 1. The minimum Gasteiger partial charge on any atom is -0.206 e. The van der Waals surface area contributed by atoms with Crippen molar-refractivity contribution in [2.24, 2.45) is 0 Å². The first-order valence-electron chi connectivity index (χ1n) is 8.94. The van der Waals surface area contributed by atoms with Gasteiger partial charge in [-0.25, -0.2) is 17.6 Å². The van der Waals surface area contributed by atoms with Crippen LogP contribution < -0.4 is 0 Å². The van der Waals surface area contributed by atoms with E-state index in [0.717, 1.165) is 29.7 Å². The highest BCUT2D eigenvalue weighted by molar-refractivity contribution is 5.89. The van der Waals surface area contributed by atoms with Gasteiger partial charge in [0.15, 0.2) is 17.5 Å². The number of hydrogen-bond acceptors (Lipinski definition) is 0. The van der Waals surface area contributed by atoms with E-state index >= 15 is 0 Å². The largest absolute Gasteiger partial charge is 0.206 e. The van der Waals surface area contributed by atoms with Crippen molar-refractivity contribution in [1.29, 1.82) is 0 Å². The molecule has 28 heavy (non-hydrogen) atoms. The van der Waals surface area contributed by atoms with Crippen molar-refractivity contribution in [3.63, 3.8) is 0 Å². The second-order valence-corrected chi connectivity index (χ2v) is 6.67. The minimum absolute atomic E-state index is 0.0226. The minimum atomic E-state index is -1.67. The maximum absolute atomic E-state index is 14.4. The Morgan fingerprint density at radius 2 is 1.11 bits per heavy atom. The van der Waals surface area contributed by atoms with Crippen LogP contribution in [0, 0.1) is 23.3 Å². The molecule has 0 amide bonds. The molecule has 0 nitrogen and oxygen atoms in total. The van der Waals surface area contributed by atoms with Crippen LogP contribution in [0.5, 0.6) is 0 Å². The van der Waals surface area contributed by atoms with Crippen molar-refractivity contribution >= 4 is 10.8 Å². The Bertz CT molecular complexity index is 1160.